The van der Waals surface area contributed by atoms with Crippen molar-refractivity contribution in [2.75, 3.05) is 30.9 Å². The SMILES string of the molecule is COCC(=O)Nc1cccc(NC(=O)CNC(=O)c2ccc(Br)o2)c1. The fourth-order valence-corrected chi connectivity index (χ4v) is 2.20. The van der Waals surface area contributed by atoms with Crippen LogP contribution >= 0.6 is 15.9 Å². The highest BCUT2D eigenvalue weighted by molar-refractivity contribution is 9.10. The van der Waals surface area contributed by atoms with E-state index in [0.717, 1.165) is 0 Å². The lowest BCUT2D eigenvalue weighted by molar-refractivity contribution is -0.119. The summed E-state index contributed by atoms with van der Waals surface area (Å²) in [7, 11) is 1.42. The molecule has 9 heteroatoms. The summed E-state index contributed by atoms with van der Waals surface area (Å²) < 4.78 is 10.2. The molecule has 0 atom stereocenters. The predicted molar refractivity (Wildman–Crippen MR) is 94.3 cm³/mol. The highest BCUT2D eigenvalue weighted by atomic mass is 79.9. The third kappa shape index (κ3) is 6.05. The molecule has 1 aromatic carbocycles. The molecule has 0 saturated heterocycles. The maximum atomic E-state index is 11.9. The highest BCUT2D eigenvalue weighted by Crippen LogP contribution is 2.15. The second-order valence-electron chi connectivity index (χ2n) is 4.90. The minimum absolute atomic E-state index is 0.0640. The van der Waals surface area contributed by atoms with Gasteiger partial charge in [0, 0.05) is 18.5 Å². The molecular weight excluding hydrogens is 394 g/mol. The lowest BCUT2D eigenvalue weighted by atomic mass is 10.2. The van der Waals surface area contributed by atoms with Crippen molar-refractivity contribution in [3.63, 3.8) is 0 Å². The molecule has 3 N–H and O–H groups in total. The largest absolute Gasteiger partial charge is 0.444 e. The van der Waals surface area contributed by atoms with Gasteiger partial charge in [-0.05, 0) is 46.3 Å². The van der Waals surface area contributed by atoms with Crippen molar-refractivity contribution in [1.82, 2.24) is 5.32 Å². The van der Waals surface area contributed by atoms with E-state index in [4.69, 9.17) is 9.15 Å². The number of hydrogen-bond acceptors (Lipinski definition) is 5. The zero-order valence-corrected chi connectivity index (χ0v) is 14.9. The summed E-state index contributed by atoms with van der Waals surface area (Å²) in [5.41, 5.74) is 1.000. The number of carbonyl (C=O) groups is 3. The van der Waals surface area contributed by atoms with Crippen LogP contribution in [0.3, 0.4) is 0 Å². The minimum Gasteiger partial charge on any atom is -0.444 e. The van der Waals surface area contributed by atoms with Crippen molar-refractivity contribution in [3.8, 4) is 0 Å². The molecule has 1 aromatic heterocycles. The van der Waals surface area contributed by atoms with Crippen LogP contribution in [-0.2, 0) is 14.3 Å². The first-order chi connectivity index (χ1) is 12.0. The summed E-state index contributed by atoms with van der Waals surface area (Å²) >= 11 is 3.09. The molecular formula is C16H16BrN3O5. The van der Waals surface area contributed by atoms with Gasteiger partial charge in [-0.3, -0.25) is 14.4 Å². The van der Waals surface area contributed by atoms with Gasteiger partial charge in [0.05, 0.1) is 6.54 Å². The quantitative estimate of drug-likeness (QED) is 0.647. The molecule has 1 heterocycles. The Labute approximate surface area is 152 Å². The molecule has 2 rings (SSSR count). The molecule has 8 nitrogen and oxygen atoms in total. The Hall–Kier alpha value is -2.65. The monoisotopic (exact) mass is 409 g/mol. The van der Waals surface area contributed by atoms with E-state index in [0.29, 0.717) is 16.0 Å². The number of furan rings is 1. The number of benzene rings is 1. The highest BCUT2D eigenvalue weighted by Gasteiger charge is 2.12. The third-order valence-corrected chi connectivity index (χ3v) is 3.34. The van der Waals surface area contributed by atoms with Crippen molar-refractivity contribution >= 4 is 45.0 Å². The summed E-state index contributed by atoms with van der Waals surface area (Å²) in [4.78, 5) is 35.2. The first-order valence-corrected chi connectivity index (χ1v) is 7.99. The van der Waals surface area contributed by atoms with Crippen LogP contribution in [0.1, 0.15) is 10.6 Å². The van der Waals surface area contributed by atoms with Crippen LogP contribution in [0.25, 0.3) is 0 Å². The Balaban J connectivity index is 1.85. The maximum absolute atomic E-state index is 11.9. The van der Waals surface area contributed by atoms with E-state index in [-0.39, 0.29) is 24.8 Å². The van der Waals surface area contributed by atoms with Gasteiger partial charge >= 0.3 is 0 Å². The smallest absolute Gasteiger partial charge is 0.287 e. The second-order valence-corrected chi connectivity index (χ2v) is 5.68. The van der Waals surface area contributed by atoms with Gasteiger partial charge in [0.15, 0.2) is 10.4 Å². The topological polar surface area (TPSA) is 110 Å². The molecule has 132 valence electrons. The average Bonchev–Trinajstić information content (AvgIpc) is 3.00. The van der Waals surface area contributed by atoms with Crippen molar-refractivity contribution in [2.24, 2.45) is 0 Å². The van der Waals surface area contributed by atoms with Crippen LogP contribution in [0.2, 0.25) is 0 Å². The van der Waals surface area contributed by atoms with E-state index in [2.05, 4.69) is 31.9 Å². The predicted octanol–water partition coefficient (Wildman–Crippen LogP) is 2.00. The fourth-order valence-electron chi connectivity index (χ4n) is 1.89. The third-order valence-electron chi connectivity index (χ3n) is 2.91. The molecule has 0 spiro atoms. The van der Waals surface area contributed by atoms with E-state index in [9.17, 15) is 14.4 Å². The van der Waals surface area contributed by atoms with E-state index < -0.39 is 11.8 Å². The lowest BCUT2D eigenvalue weighted by Crippen LogP contribution is -2.32. The Morgan fingerprint density at radius 3 is 2.36 bits per heavy atom. The van der Waals surface area contributed by atoms with E-state index in [1.165, 1.54) is 13.2 Å². The van der Waals surface area contributed by atoms with Gasteiger partial charge in [-0.1, -0.05) is 6.07 Å². The molecule has 25 heavy (non-hydrogen) atoms. The maximum Gasteiger partial charge on any atom is 0.287 e. The Bertz CT molecular complexity index is 775. The van der Waals surface area contributed by atoms with Crippen LogP contribution in [-0.4, -0.2) is 38.0 Å². The normalized spacial score (nSPS) is 10.2. The molecule has 0 aliphatic heterocycles. The molecule has 0 saturated carbocycles. The number of rotatable bonds is 7. The zero-order valence-electron chi connectivity index (χ0n) is 13.3. The Morgan fingerprint density at radius 2 is 1.76 bits per heavy atom. The van der Waals surface area contributed by atoms with E-state index in [1.54, 1.807) is 30.3 Å². The molecule has 0 radical (unpaired) electrons. The number of methoxy groups -OCH3 is 1. The molecule has 0 aliphatic rings. The fraction of sp³-hybridized carbons (Fsp3) is 0.188. The Morgan fingerprint density at radius 1 is 1.08 bits per heavy atom. The van der Waals surface area contributed by atoms with Crippen molar-refractivity contribution in [1.29, 1.82) is 0 Å². The number of carbonyl (C=O) groups excluding carboxylic acids is 3. The van der Waals surface area contributed by atoms with E-state index in [1.807, 2.05) is 0 Å². The number of hydrogen-bond donors (Lipinski definition) is 3. The van der Waals surface area contributed by atoms with Gasteiger partial charge in [0.25, 0.3) is 5.91 Å². The molecule has 0 aliphatic carbocycles. The lowest BCUT2D eigenvalue weighted by Gasteiger charge is -2.09. The van der Waals surface area contributed by atoms with Gasteiger partial charge in [0.1, 0.15) is 6.61 Å². The summed E-state index contributed by atoms with van der Waals surface area (Å²) in [6, 6.07) is 9.69. The van der Waals surface area contributed by atoms with Gasteiger partial charge < -0.3 is 25.1 Å². The van der Waals surface area contributed by atoms with Crippen LogP contribution in [0.4, 0.5) is 11.4 Å². The molecule has 2 aromatic rings. The number of anilines is 2. The van der Waals surface area contributed by atoms with Crippen molar-refractivity contribution in [2.45, 2.75) is 0 Å². The average molecular weight is 410 g/mol. The first kappa shape index (κ1) is 18.7. The summed E-state index contributed by atoms with van der Waals surface area (Å²) in [5.74, 6) is -1.12. The molecule has 0 unspecified atom stereocenters. The molecule has 3 amide bonds. The van der Waals surface area contributed by atoms with Crippen molar-refractivity contribution < 1.29 is 23.5 Å². The van der Waals surface area contributed by atoms with Gasteiger partial charge in [-0.25, -0.2) is 0 Å². The van der Waals surface area contributed by atoms with E-state index >= 15 is 0 Å². The summed E-state index contributed by atoms with van der Waals surface area (Å²) in [5, 5.41) is 7.70. The molecule has 0 bridgehead atoms. The number of halogens is 1. The molecule has 0 fully saturated rings. The van der Waals surface area contributed by atoms with Gasteiger partial charge in [-0.15, -0.1) is 0 Å². The van der Waals surface area contributed by atoms with Crippen LogP contribution in [0, 0.1) is 0 Å². The van der Waals surface area contributed by atoms with Gasteiger partial charge in [0.2, 0.25) is 11.8 Å². The van der Waals surface area contributed by atoms with Crippen LogP contribution < -0.4 is 16.0 Å². The van der Waals surface area contributed by atoms with Crippen LogP contribution in [0.5, 0.6) is 0 Å². The standard InChI is InChI=1S/C16H16BrN3O5/c1-24-9-15(22)20-11-4-2-3-10(7-11)19-14(21)8-18-16(23)12-5-6-13(17)25-12/h2-7H,8-9H2,1H3,(H,18,23)(H,19,21)(H,20,22). The van der Waals surface area contributed by atoms with Crippen LogP contribution in [0.15, 0.2) is 45.5 Å². The first-order valence-electron chi connectivity index (χ1n) is 7.20. The van der Waals surface area contributed by atoms with Crippen molar-refractivity contribution in [3.05, 3.63) is 46.8 Å². The number of ether oxygens (including phenoxy) is 1. The summed E-state index contributed by atoms with van der Waals surface area (Å²) in [6.45, 7) is -0.289. The summed E-state index contributed by atoms with van der Waals surface area (Å²) in [6.07, 6.45) is 0. The van der Waals surface area contributed by atoms with Gasteiger partial charge in [-0.2, -0.15) is 0 Å². The minimum atomic E-state index is -0.499. The second kappa shape index (κ2) is 9.00. The number of nitrogens with one attached hydrogen (secondary N) is 3. The zero-order chi connectivity index (χ0) is 18.2. The Kier molecular flexibility index (Phi) is 6.72. The number of amides is 3.